The summed E-state index contributed by atoms with van der Waals surface area (Å²) in [4.78, 5) is 7.94. The summed E-state index contributed by atoms with van der Waals surface area (Å²) in [7, 11) is -3.09. The van der Waals surface area contributed by atoms with Crippen molar-refractivity contribution in [1.29, 1.82) is 0 Å². The van der Waals surface area contributed by atoms with Gasteiger partial charge < -0.3 is 5.11 Å². The van der Waals surface area contributed by atoms with E-state index in [4.69, 9.17) is 0 Å². The Balaban J connectivity index is 2.08. The Hall–Kier alpha value is -0.660. The second-order valence-corrected chi connectivity index (χ2v) is 6.69. The van der Waals surface area contributed by atoms with E-state index >= 15 is 0 Å². The van der Waals surface area contributed by atoms with Crippen LogP contribution in [0, 0.1) is 0 Å². The summed E-state index contributed by atoms with van der Waals surface area (Å²) in [6.45, 7) is 0. The fourth-order valence-electron chi connectivity index (χ4n) is 1.39. The van der Waals surface area contributed by atoms with Crippen LogP contribution in [0.4, 0.5) is 0 Å². The number of hydrogen-bond donors (Lipinski definition) is 1. The summed E-state index contributed by atoms with van der Waals surface area (Å²) >= 11 is 1.21. The first-order valence-corrected chi connectivity index (χ1v) is 7.09. The lowest BCUT2D eigenvalue weighted by Gasteiger charge is -2.09. The number of aliphatic hydroxyl groups excluding tert-OH is 1. The fourth-order valence-corrected chi connectivity index (χ4v) is 4.79. The maximum Gasteiger partial charge on any atom is 0.187 e. The van der Waals surface area contributed by atoms with Crippen molar-refractivity contribution in [2.45, 2.75) is 16.5 Å². The van der Waals surface area contributed by atoms with Gasteiger partial charge in [0.1, 0.15) is 0 Å². The molecule has 2 heterocycles. The van der Waals surface area contributed by atoms with Crippen LogP contribution in [-0.4, -0.2) is 46.4 Å². The first kappa shape index (κ1) is 10.8. The average Bonchev–Trinajstić information content (AvgIpc) is 2.41. The lowest BCUT2D eigenvalue weighted by atomic mass is 10.3. The first-order valence-electron chi connectivity index (χ1n) is 4.39. The third-order valence-corrected chi connectivity index (χ3v) is 5.20. The highest BCUT2D eigenvalue weighted by molar-refractivity contribution is 8.01. The number of aromatic nitrogens is 2. The molecule has 7 heteroatoms. The zero-order valence-corrected chi connectivity index (χ0v) is 9.41. The van der Waals surface area contributed by atoms with Gasteiger partial charge in [0.2, 0.25) is 0 Å². The molecule has 0 saturated carbocycles. The molecule has 1 fully saturated rings. The summed E-state index contributed by atoms with van der Waals surface area (Å²) in [5.41, 5.74) is 0. The minimum atomic E-state index is -3.09. The topological polar surface area (TPSA) is 80.2 Å². The summed E-state index contributed by atoms with van der Waals surface area (Å²) < 4.78 is 22.5. The first-order chi connectivity index (χ1) is 7.07. The second kappa shape index (κ2) is 4.07. The van der Waals surface area contributed by atoms with Gasteiger partial charge in [0.05, 0.1) is 22.9 Å². The minimum Gasteiger partial charge on any atom is -0.391 e. The standard InChI is InChI=1S/C8H10N2O3S2/c11-6-4-15(12,13)5-7(6)14-8-9-2-1-3-10-8/h1-3,6-7,11H,4-5H2/t6-,7+/m1/s1. The number of nitrogens with zero attached hydrogens (tertiary/aromatic N) is 2. The van der Waals surface area contributed by atoms with E-state index in [1.165, 1.54) is 11.8 Å². The molecule has 2 rings (SSSR count). The van der Waals surface area contributed by atoms with E-state index in [1.807, 2.05) is 0 Å². The molecule has 15 heavy (non-hydrogen) atoms. The predicted octanol–water partition coefficient (Wildman–Crippen LogP) is -0.273. The van der Waals surface area contributed by atoms with Crippen LogP contribution in [0.3, 0.4) is 0 Å². The van der Waals surface area contributed by atoms with Crippen molar-refractivity contribution in [3.05, 3.63) is 18.5 Å². The van der Waals surface area contributed by atoms with Gasteiger partial charge in [-0.3, -0.25) is 0 Å². The summed E-state index contributed by atoms with van der Waals surface area (Å²) in [6, 6.07) is 1.69. The molecule has 0 aliphatic carbocycles. The number of rotatable bonds is 2. The molecule has 1 aromatic rings. The van der Waals surface area contributed by atoms with Gasteiger partial charge in [-0.25, -0.2) is 18.4 Å². The van der Waals surface area contributed by atoms with Gasteiger partial charge in [0, 0.05) is 12.4 Å². The van der Waals surface area contributed by atoms with Gasteiger partial charge in [-0.1, -0.05) is 11.8 Å². The fraction of sp³-hybridized carbons (Fsp3) is 0.500. The molecule has 1 aliphatic heterocycles. The Kier molecular flexibility index (Phi) is 2.94. The Morgan fingerprint density at radius 1 is 1.33 bits per heavy atom. The van der Waals surface area contributed by atoms with Crippen LogP contribution >= 0.6 is 11.8 Å². The highest BCUT2D eigenvalue weighted by Crippen LogP contribution is 2.28. The Labute approximate surface area is 91.9 Å². The Morgan fingerprint density at radius 3 is 2.53 bits per heavy atom. The van der Waals surface area contributed by atoms with Crippen LogP contribution in [-0.2, 0) is 9.84 Å². The molecule has 1 aromatic heterocycles. The predicted molar refractivity (Wildman–Crippen MR) is 56.3 cm³/mol. The lowest BCUT2D eigenvalue weighted by molar-refractivity contribution is 0.207. The van der Waals surface area contributed by atoms with Crippen molar-refractivity contribution in [1.82, 2.24) is 9.97 Å². The Morgan fingerprint density at radius 2 is 2.00 bits per heavy atom. The molecule has 1 aliphatic rings. The molecule has 82 valence electrons. The number of hydrogen-bond acceptors (Lipinski definition) is 6. The zero-order chi connectivity index (χ0) is 10.9. The normalized spacial score (nSPS) is 29.1. The number of sulfone groups is 1. The lowest BCUT2D eigenvalue weighted by Crippen LogP contribution is -2.20. The molecule has 0 radical (unpaired) electrons. The molecule has 1 N–H and O–H groups in total. The molecule has 0 amide bonds. The third kappa shape index (κ3) is 2.67. The SMILES string of the molecule is O=S1(=O)C[C@@H](O)[C@@H](Sc2ncccn2)C1. The van der Waals surface area contributed by atoms with Crippen LogP contribution in [0.25, 0.3) is 0 Å². The van der Waals surface area contributed by atoms with Crippen molar-refractivity contribution in [3.8, 4) is 0 Å². The van der Waals surface area contributed by atoms with Crippen LogP contribution in [0.1, 0.15) is 0 Å². The molecule has 0 unspecified atom stereocenters. The molecular weight excluding hydrogens is 236 g/mol. The molecule has 0 spiro atoms. The Bertz CT molecular complexity index is 434. The number of thioether (sulfide) groups is 1. The quantitative estimate of drug-likeness (QED) is 0.723. The maximum absolute atomic E-state index is 11.2. The van der Waals surface area contributed by atoms with E-state index in [0.29, 0.717) is 5.16 Å². The minimum absolute atomic E-state index is 0.00289. The van der Waals surface area contributed by atoms with E-state index in [2.05, 4.69) is 9.97 Å². The van der Waals surface area contributed by atoms with E-state index in [1.54, 1.807) is 18.5 Å². The zero-order valence-electron chi connectivity index (χ0n) is 7.78. The van der Waals surface area contributed by atoms with E-state index in [-0.39, 0.29) is 16.8 Å². The molecule has 5 nitrogen and oxygen atoms in total. The smallest absolute Gasteiger partial charge is 0.187 e. The van der Waals surface area contributed by atoms with E-state index < -0.39 is 15.9 Å². The van der Waals surface area contributed by atoms with Gasteiger partial charge in [-0.2, -0.15) is 0 Å². The summed E-state index contributed by atoms with van der Waals surface area (Å²) in [6.07, 6.45) is 2.36. The van der Waals surface area contributed by atoms with Crippen molar-refractivity contribution in [2.75, 3.05) is 11.5 Å². The van der Waals surface area contributed by atoms with Crippen molar-refractivity contribution in [2.24, 2.45) is 0 Å². The van der Waals surface area contributed by atoms with Gasteiger partial charge in [-0.05, 0) is 6.07 Å². The van der Waals surface area contributed by atoms with Crippen molar-refractivity contribution < 1.29 is 13.5 Å². The molecule has 2 atom stereocenters. The second-order valence-electron chi connectivity index (χ2n) is 3.33. The highest BCUT2D eigenvalue weighted by atomic mass is 32.2. The van der Waals surface area contributed by atoms with Crippen molar-refractivity contribution in [3.63, 3.8) is 0 Å². The van der Waals surface area contributed by atoms with Crippen LogP contribution in [0.2, 0.25) is 0 Å². The van der Waals surface area contributed by atoms with Gasteiger partial charge in [0.25, 0.3) is 0 Å². The summed E-state index contributed by atoms with van der Waals surface area (Å²) in [5.74, 6) is -0.158. The third-order valence-electron chi connectivity index (χ3n) is 2.07. The highest BCUT2D eigenvalue weighted by Gasteiger charge is 2.37. The molecule has 1 saturated heterocycles. The average molecular weight is 246 g/mol. The van der Waals surface area contributed by atoms with Gasteiger partial charge >= 0.3 is 0 Å². The summed E-state index contributed by atoms with van der Waals surface area (Å²) in [5, 5.41) is 9.68. The van der Waals surface area contributed by atoms with Gasteiger partial charge in [-0.15, -0.1) is 0 Å². The molecule has 0 aromatic carbocycles. The van der Waals surface area contributed by atoms with E-state index in [9.17, 15) is 13.5 Å². The monoisotopic (exact) mass is 246 g/mol. The molecular formula is C8H10N2O3S2. The molecule has 0 bridgehead atoms. The van der Waals surface area contributed by atoms with Crippen LogP contribution in [0.5, 0.6) is 0 Å². The van der Waals surface area contributed by atoms with Crippen LogP contribution in [0.15, 0.2) is 23.6 Å². The van der Waals surface area contributed by atoms with E-state index in [0.717, 1.165) is 0 Å². The maximum atomic E-state index is 11.2. The van der Waals surface area contributed by atoms with Crippen molar-refractivity contribution >= 4 is 21.6 Å². The van der Waals surface area contributed by atoms with Crippen LogP contribution < -0.4 is 0 Å². The number of aliphatic hydroxyl groups is 1. The van der Waals surface area contributed by atoms with Gasteiger partial charge in [0.15, 0.2) is 15.0 Å². The largest absolute Gasteiger partial charge is 0.391 e.